The highest BCUT2D eigenvalue weighted by atomic mass is 32.2. The molecule has 0 bridgehead atoms. The number of nitrogens with zero attached hydrogens (tertiary/aromatic N) is 1. The highest BCUT2D eigenvalue weighted by Gasteiger charge is 2.40. The van der Waals surface area contributed by atoms with Gasteiger partial charge in [-0.15, -0.1) is 0 Å². The van der Waals surface area contributed by atoms with Crippen molar-refractivity contribution in [2.24, 2.45) is 0 Å². The van der Waals surface area contributed by atoms with Gasteiger partial charge in [-0.2, -0.15) is 4.31 Å². The molecule has 150 valence electrons. The van der Waals surface area contributed by atoms with Crippen LogP contribution in [0.3, 0.4) is 0 Å². The first-order chi connectivity index (χ1) is 13.2. The van der Waals surface area contributed by atoms with Crippen LogP contribution in [0.4, 0.5) is 14.5 Å². The number of carbonyl (C=O) groups is 1. The quantitative estimate of drug-likeness (QED) is 0.822. The summed E-state index contributed by atoms with van der Waals surface area (Å²) in [6.45, 7) is 1.83. The standard InChI is InChI=1S/C19H20F2N2O4S/c1-12-5-7-14(27-2)11-18(12)28(25,26)23-9-3-4-17(23)19(24)22-16-8-6-13(20)10-15(16)21/h5-8,10-11,17H,3-4,9H2,1-2H3,(H,22,24). The average Bonchev–Trinajstić information content (AvgIpc) is 3.15. The second-order valence-electron chi connectivity index (χ2n) is 6.52. The van der Waals surface area contributed by atoms with E-state index < -0.39 is 33.6 Å². The number of hydrogen-bond donors (Lipinski definition) is 1. The van der Waals surface area contributed by atoms with Crippen molar-refractivity contribution in [2.75, 3.05) is 19.0 Å². The first-order valence-corrected chi connectivity index (χ1v) is 10.1. The number of ether oxygens (including phenoxy) is 1. The number of nitrogens with one attached hydrogen (secondary N) is 1. The average molecular weight is 410 g/mol. The van der Waals surface area contributed by atoms with Crippen LogP contribution in [0.1, 0.15) is 18.4 Å². The zero-order valence-electron chi connectivity index (χ0n) is 15.4. The van der Waals surface area contributed by atoms with Gasteiger partial charge >= 0.3 is 0 Å². The third-order valence-corrected chi connectivity index (χ3v) is 6.73. The van der Waals surface area contributed by atoms with Gasteiger partial charge in [0.05, 0.1) is 17.7 Å². The van der Waals surface area contributed by atoms with Crippen LogP contribution in [0, 0.1) is 18.6 Å². The molecular formula is C19H20F2N2O4S. The van der Waals surface area contributed by atoms with Crippen LogP contribution < -0.4 is 10.1 Å². The normalized spacial score (nSPS) is 17.5. The molecule has 0 saturated carbocycles. The number of sulfonamides is 1. The summed E-state index contributed by atoms with van der Waals surface area (Å²) in [5.74, 6) is -1.97. The monoisotopic (exact) mass is 410 g/mol. The van der Waals surface area contributed by atoms with Crippen molar-refractivity contribution in [3.63, 3.8) is 0 Å². The molecule has 2 aromatic rings. The Balaban J connectivity index is 1.88. The van der Waals surface area contributed by atoms with E-state index in [0.29, 0.717) is 30.2 Å². The fourth-order valence-electron chi connectivity index (χ4n) is 3.21. The Morgan fingerprint density at radius 3 is 2.64 bits per heavy atom. The van der Waals surface area contributed by atoms with E-state index in [2.05, 4.69) is 5.32 Å². The molecule has 2 aromatic carbocycles. The number of anilines is 1. The lowest BCUT2D eigenvalue weighted by molar-refractivity contribution is -0.119. The van der Waals surface area contributed by atoms with Gasteiger partial charge < -0.3 is 10.1 Å². The lowest BCUT2D eigenvalue weighted by atomic mass is 10.2. The number of aryl methyl sites for hydroxylation is 1. The predicted octanol–water partition coefficient (Wildman–Crippen LogP) is 3.07. The lowest BCUT2D eigenvalue weighted by Crippen LogP contribution is -2.43. The Labute approximate surface area is 162 Å². The predicted molar refractivity (Wildman–Crippen MR) is 99.6 cm³/mol. The molecule has 1 heterocycles. The third-order valence-electron chi connectivity index (χ3n) is 4.68. The van der Waals surface area contributed by atoms with Crippen LogP contribution in [0.5, 0.6) is 5.75 Å². The zero-order valence-corrected chi connectivity index (χ0v) is 16.2. The Hall–Kier alpha value is -2.52. The van der Waals surface area contributed by atoms with Crippen molar-refractivity contribution >= 4 is 21.6 Å². The van der Waals surface area contributed by atoms with Crippen LogP contribution in [0.15, 0.2) is 41.3 Å². The van der Waals surface area contributed by atoms with E-state index in [0.717, 1.165) is 16.4 Å². The first-order valence-electron chi connectivity index (χ1n) is 8.66. The summed E-state index contributed by atoms with van der Waals surface area (Å²) in [5, 5.41) is 2.36. The minimum absolute atomic E-state index is 0.0551. The maximum absolute atomic E-state index is 13.8. The van der Waals surface area contributed by atoms with Gasteiger partial charge in [0, 0.05) is 18.7 Å². The second-order valence-corrected chi connectivity index (χ2v) is 8.38. The summed E-state index contributed by atoms with van der Waals surface area (Å²) in [5.41, 5.74) is 0.324. The van der Waals surface area contributed by atoms with Crippen molar-refractivity contribution < 1.29 is 26.7 Å². The minimum atomic E-state index is -3.97. The molecule has 1 amide bonds. The van der Waals surface area contributed by atoms with Crippen molar-refractivity contribution in [2.45, 2.75) is 30.7 Å². The van der Waals surface area contributed by atoms with Gasteiger partial charge in [-0.25, -0.2) is 17.2 Å². The Kier molecular flexibility index (Phi) is 5.66. The molecule has 3 rings (SSSR count). The fraction of sp³-hybridized carbons (Fsp3) is 0.316. The molecule has 0 aliphatic carbocycles. The van der Waals surface area contributed by atoms with Gasteiger partial charge in [0.2, 0.25) is 15.9 Å². The Morgan fingerprint density at radius 1 is 1.21 bits per heavy atom. The SMILES string of the molecule is COc1ccc(C)c(S(=O)(=O)N2CCCC2C(=O)Nc2ccc(F)cc2F)c1. The number of carbonyl (C=O) groups excluding carboxylic acids is 1. The number of halogens is 2. The van der Waals surface area contributed by atoms with Crippen LogP contribution in [-0.2, 0) is 14.8 Å². The van der Waals surface area contributed by atoms with Crippen LogP contribution in [-0.4, -0.2) is 38.3 Å². The molecule has 1 saturated heterocycles. The molecule has 0 spiro atoms. The van der Waals surface area contributed by atoms with Gasteiger partial charge in [0.15, 0.2) is 0 Å². The molecule has 0 aromatic heterocycles. The minimum Gasteiger partial charge on any atom is -0.497 e. The molecule has 28 heavy (non-hydrogen) atoms. The van der Waals surface area contributed by atoms with Crippen LogP contribution >= 0.6 is 0 Å². The van der Waals surface area contributed by atoms with Gasteiger partial charge in [-0.05, 0) is 43.5 Å². The van der Waals surface area contributed by atoms with Gasteiger partial charge in [0.25, 0.3) is 0 Å². The van der Waals surface area contributed by atoms with Crippen molar-refractivity contribution in [1.29, 1.82) is 0 Å². The van der Waals surface area contributed by atoms with E-state index in [1.807, 2.05) is 0 Å². The summed E-state index contributed by atoms with van der Waals surface area (Å²) < 4.78 is 59.4. The van der Waals surface area contributed by atoms with Crippen molar-refractivity contribution in [1.82, 2.24) is 4.31 Å². The second kappa shape index (κ2) is 7.84. The molecule has 1 aliphatic heterocycles. The number of rotatable bonds is 5. The topological polar surface area (TPSA) is 75.7 Å². The van der Waals surface area contributed by atoms with E-state index in [4.69, 9.17) is 4.74 Å². The van der Waals surface area contributed by atoms with Gasteiger partial charge in [0.1, 0.15) is 23.4 Å². The molecule has 1 N–H and O–H groups in total. The smallest absolute Gasteiger partial charge is 0.244 e. The summed E-state index contributed by atoms with van der Waals surface area (Å²) in [4.78, 5) is 12.7. The largest absolute Gasteiger partial charge is 0.497 e. The van der Waals surface area contributed by atoms with Crippen LogP contribution in [0.2, 0.25) is 0 Å². The van der Waals surface area contributed by atoms with E-state index >= 15 is 0 Å². The molecule has 1 aliphatic rings. The van der Waals surface area contributed by atoms with Crippen LogP contribution in [0.25, 0.3) is 0 Å². The number of hydrogen-bond acceptors (Lipinski definition) is 4. The summed E-state index contributed by atoms with van der Waals surface area (Å²) >= 11 is 0. The summed E-state index contributed by atoms with van der Waals surface area (Å²) in [6.07, 6.45) is 0.795. The zero-order chi connectivity index (χ0) is 20.5. The highest BCUT2D eigenvalue weighted by Crippen LogP contribution is 2.31. The molecule has 1 fully saturated rings. The summed E-state index contributed by atoms with van der Waals surface area (Å²) in [7, 11) is -2.53. The lowest BCUT2D eigenvalue weighted by Gasteiger charge is -2.24. The van der Waals surface area contributed by atoms with E-state index in [1.54, 1.807) is 19.1 Å². The van der Waals surface area contributed by atoms with Gasteiger partial charge in [-0.3, -0.25) is 4.79 Å². The number of amides is 1. The summed E-state index contributed by atoms with van der Waals surface area (Å²) in [6, 6.07) is 6.48. The molecule has 1 unspecified atom stereocenters. The molecular weight excluding hydrogens is 390 g/mol. The highest BCUT2D eigenvalue weighted by molar-refractivity contribution is 7.89. The maximum atomic E-state index is 13.8. The molecule has 9 heteroatoms. The number of benzene rings is 2. The number of methoxy groups -OCH3 is 1. The van der Waals surface area contributed by atoms with Crippen molar-refractivity contribution in [3.8, 4) is 5.75 Å². The fourth-order valence-corrected chi connectivity index (χ4v) is 5.11. The Morgan fingerprint density at radius 2 is 1.96 bits per heavy atom. The molecule has 1 atom stereocenters. The molecule has 6 nitrogen and oxygen atoms in total. The van der Waals surface area contributed by atoms with E-state index in [-0.39, 0.29) is 17.1 Å². The Bertz CT molecular complexity index is 1010. The third kappa shape index (κ3) is 3.85. The van der Waals surface area contributed by atoms with Crippen molar-refractivity contribution in [3.05, 3.63) is 53.6 Å². The van der Waals surface area contributed by atoms with E-state index in [1.165, 1.54) is 13.2 Å². The van der Waals surface area contributed by atoms with Gasteiger partial charge in [-0.1, -0.05) is 6.07 Å². The maximum Gasteiger partial charge on any atom is 0.244 e. The first kappa shape index (κ1) is 20.2. The van der Waals surface area contributed by atoms with E-state index in [9.17, 15) is 22.0 Å². The molecule has 0 radical (unpaired) electrons.